The first kappa shape index (κ1) is 18.2. The van der Waals surface area contributed by atoms with E-state index in [2.05, 4.69) is 10.5 Å². The van der Waals surface area contributed by atoms with E-state index in [1.165, 1.54) is 6.21 Å². The van der Waals surface area contributed by atoms with Gasteiger partial charge in [0.15, 0.2) is 6.10 Å². The quantitative estimate of drug-likeness (QED) is 0.491. The summed E-state index contributed by atoms with van der Waals surface area (Å²) >= 11 is 11.9. The topological polar surface area (TPSA) is 50.7 Å². The van der Waals surface area contributed by atoms with Crippen LogP contribution in [0.4, 0.5) is 0 Å². The number of hydrazone groups is 1. The summed E-state index contributed by atoms with van der Waals surface area (Å²) in [5.41, 5.74) is 3.11. The minimum absolute atomic E-state index is 0.362. The molecule has 1 N–H and O–H groups in total. The van der Waals surface area contributed by atoms with Gasteiger partial charge in [-0.15, -0.1) is 0 Å². The highest BCUT2D eigenvalue weighted by Crippen LogP contribution is 2.26. The predicted molar refractivity (Wildman–Crippen MR) is 106 cm³/mol. The summed E-state index contributed by atoms with van der Waals surface area (Å²) in [4.78, 5) is 12.2. The zero-order valence-electron chi connectivity index (χ0n) is 13.9. The van der Waals surface area contributed by atoms with Gasteiger partial charge in [-0.25, -0.2) is 5.43 Å². The van der Waals surface area contributed by atoms with E-state index < -0.39 is 6.10 Å². The van der Waals surface area contributed by atoms with Crippen molar-refractivity contribution in [3.05, 3.63) is 76.3 Å². The van der Waals surface area contributed by atoms with E-state index in [0.717, 1.165) is 10.8 Å². The van der Waals surface area contributed by atoms with Crippen molar-refractivity contribution >= 4 is 46.1 Å². The average molecular weight is 387 g/mol. The van der Waals surface area contributed by atoms with Gasteiger partial charge in [-0.2, -0.15) is 5.10 Å². The zero-order chi connectivity index (χ0) is 18.5. The fourth-order valence-corrected chi connectivity index (χ4v) is 2.86. The lowest BCUT2D eigenvalue weighted by molar-refractivity contribution is -0.127. The highest BCUT2D eigenvalue weighted by molar-refractivity contribution is 6.36. The first-order valence-corrected chi connectivity index (χ1v) is 8.72. The van der Waals surface area contributed by atoms with Gasteiger partial charge in [0.1, 0.15) is 5.75 Å². The molecule has 1 atom stereocenters. The molecule has 0 unspecified atom stereocenters. The Hall–Kier alpha value is -2.56. The lowest BCUT2D eigenvalue weighted by atomic mass is 10.1. The van der Waals surface area contributed by atoms with E-state index in [4.69, 9.17) is 27.9 Å². The lowest BCUT2D eigenvalue weighted by Crippen LogP contribution is -2.33. The summed E-state index contributed by atoms with van der Waals surface area (Å²) in [7, 11) is 0. The molecule has 0 heterocycles. The first-order chi connectivity index (χ1) is 12.5. The minimum Gasteiger partial charge on any atom is -0.480 e. The minimum atomic E-state index is -0.710. The maximum absolute atomic E-state index is 12.2. The molecule has 0 fully saturated rings. The molecule has 0 aliphatic rings. The molecule has 6 heteroatoms. The molecule has 0 spiro atoms. The van der Waals surface area contributed by atoms with Crippen LogP contribution in [-0.2, 0) is 4.79 Å². The van der Waals surface area contributed by atoms with Crippen LogP contribution < -0.4 is 10.2 Å². The summed E-state index contributed by atoms with van der Waals surface area (Å²) in [5.74, 6) is 0.287. The second-order valence-electron chi connectivity index (χ2n) is 5.64. The van der Waals surface area contributed by atoms with Crippen molar-refractivity contribution in [2.75, 3.05) is 0 Å². The van der Waals surface area contributed by atoms with Gasteiger partial charge in [-0.1, -0.05) is 65.7 Å². The van der Waals surface area contributed by atoms with E-state index in [1.54, 1.807) is 25.1 Å². The summed E-state index contributed by atoms with van der Waals surface area (Å²) in [5, 5.41) is 6.91. The normalized spacial score (nSPS) is 12.3. The smallest absolute Gasteiger partial charge is 0.280 e. The molecular weight excluding hydrogens is 371 g/mol. The maximum atomic E-state index is 12.2. The van der Waals surface area contributed by atoms with E-state index in [0.29, 0.717) is 21.4 Å². The predicted octanol–water partition coefficient (Wildman–Crippen LogP) is 5.06. The molecule has 3 aromatic carbocycles. The molecule has 0 saturated heterocycles. The highest BCUT2D eigenvalue weighted by Gasteiger charge is 2.15. The Balaban J connectivity index is 1.65. The number of hydrogen-bond acceptors (Lipinski definition) is 3. The molecule has 3 rings (SSSR count). The molecule has 0 bridgehead atoms. The van der Waals surface area contributed by atoms with Crippen LogP contribution in [0.2, 0.25) is 10.0 Å². The number of halogens is 2. The summed E-state index contributed by atoms with van der Waals surface area (Å²) in [6, 6.07) is 18.6. The van der Waals surface area contributed by atoms with Gasteiger partial charge in [0.05, 0.1) is 11.2 Å². The number of carbonyl (C=O) groups is 1. The van der Waals surface area contributed by atoms with Crippen molar-refractivity contribution < 1.29 is 9.53 Å². The largest absolute Gasteiger partial charge is 0.480 e. The maximum Gasteiger partial charge on any atom is 0.280 e. The Morgan fingerprint density at radius 1 is 1.12 bits per heavy atom. The molecule has 3 aromatic rings. The Morgan fingerprint density at radius 3 is 2.69 bits per heavy atom. The van der Waals surface area contributed by atoms with Crippen LogP contribution >= 0.6 is 23.2 Å². The SMILES string of the molecule is C[C@H](Oc1cccc2ccccc12)C(=O)N/N=C\c1ccc(Cl)cc1Cl. The van der Waals surface area contributed by atoms with E-state index in [9.17, 15) is 4.79 Å². The van der Waals surface area contributed by atoms with Crippen molar-refractivity contribution in [3.8, 4) is 5.75 Å². The van der Waals surface area contributed by atoms with Crippen molar-refractivity contribution in [2.24, 2.45) is 5.10 Å². The third-order valence-electron chi connectivity index (χ3n) is 3.76. The Bertz CT molecular complexity index is 968. The molecule has 0 saturated carbocycles. The van der Waals surface area contributed by atoms with Crippen molar-refractivity contribution in [3.63, 3.8) is 0 Å². The molecule has 26 heavy (non-hydrogen) atoms. The van der Waals surface area contributed by atoms with Gasteiger partial charge in [0, 0.05) is 16.0 Å². The number of rotatable bonds is 5. The number of fused-ring (bicyclic) bond motifs is 1. The second kappa shape index (κ2) is 8.21. The van der Waals surface area contributed by atoms with Crippen LogP contribution in [0.25, 0.3) is 10.8 Å². The first-order valence-electron chi connectivity index (χ1n) is 7.97. The number of hydrogen-bond donors (Lipinski definition) is 1. The van der Waals surface area contributed by atoms with Crippen LogP contribution in [0.15, 0.2) is 65.8 Å². The van der Waals surface area contributed by atoms with Crippen molar-refractivity contribution in [2.45, 2.75) is 13.0 Å². The van der Waals surface area contributed by atoms with E-state index >= 15 is 0 Å². The van der Waals surface area contributed by atoms with Crippen LogP contribution in [0.5, 0.6) is 5.75 Å². The molecule has 0 aliphatic carbocycles. The molecule has 0 radical (unpaired) electrons. The van der Waals surface area contributed by atoms with Gasteiger partial charge in [0.2, 0.25) is 0 Å². The van der Waals surface area contributed by atoms with Crippen LogP contribution in [0.3, 0.4) is 0 Å². The zero-order valence-corrected chi connectivity index (χ0v) is 15.5. The second-order valence-corrected chi connectivity index (χ2v) is 6.48. The number of carbonyl (C=O) groups excluding carboxylic acids is 1. The van der Waals surface area contributed by atoms with Gasteiger partial charge < -0.3 is 4.74 Å². The Kier molecular flexibility index (Phi) is 5.76. The van der Waals surface area contributed by atoms with Gasteiger partial charge in [-0.05, 0) is 30.5 Å². The van der Waals surface area contributed by atoms with Gasteiger partial charge in [-0.3, -0.25) is 4.79 Å². The summed E-state index contributed by atoms with van der Waals surface area (Å²) < 4.78 is 5.80. The molecule has 0 aromatic heterocycles. The third kappa shape index (κ3) is 4.34. The average Bonchev–Trinajstić information content (AvgIpc) is 2.63. The van der Waals surface area contributed by atoms with Crippen LogP contribution in [0, 0.1) is 0 Å². The number of amides is 1. The fourth-order valence-electron chi connectivity index (χ4n) is 2.40. The number of nitrogens with zero attached hydrogens (tertiary/aromatic N) is 1. The summed E-state index contributed by atoms with van der Waals surface area (Å²) in [6.07, 6.45) is 0.750. The molecule has 132 valence electrons. The van der Waals surface area contributed by atoms with E-state index in [-0.39, 0.29) is 5.91 Å². The fraction of sp³-hybridized carbons (Fsp3) is 0.100. The lowest BCUT2D eigenvalue weighted by Gasteiger charge is -2.14. The Labute approximate surface area is 161 Å². The molecule has 0 aliphatic heterocycles. The highest BCUT2D eigenvalue weighted by atomic mass is 35.5. The third-order valence-corrected chi connectivity index (χ3v) is 4.33. The van der Waals surface area contributed by atoms with Crippen LogP contribution in [0.1, 0.15) is 12.5 Å². The monoisotopic (exact) mass is 386 g/mol. The van der Waals surface area contributed by atoms with E-state index in [1.807, 2.05) is 42.5 Å². The number of benzene rings is 3. The molecule has 1 amide bonds. The Morgan fingerprint density at radius 2 is 1.88 bits per heavy atom. The molecule has 4 nitrogen and oxygen atoms in total. The standard InChI is InChI=1S/C20H16Cl2N2O2/c1-13(26-19-8-4-6-14-5-2-3-7-17(14)19)20(25)24-23-12-15-9-10-16(21)11-18(15)22/h2-13H,1H3,(H,24,25)/b23-12-/t13-/m0/s1. The van der Waals surface area contributed by atoms with Gasteiger partial charge in [0.25, 0.3) is 5.91 Å². The number of ether oxygens (including phenoxy) is 1. The van der Waals surface area contributed by atoms with Gasteiger partial charge >= 0.3 is 0 Å². The van der Waals surface area contributed by atoms with Crippen LogP contribution in [-0.4, -0.2) is 18.2 Å². The number of nitrogens with one attached hydrogen (secondary N) is 1. The van der Waals surface area contributed by atoms with Crippen molar-refractivity contribution in [1.29, 1.82) is 0 Å². The molecular formula is C20H16Cl2N2O2. The summed E-state index contributed by atoms with van der Waals surface area (Å²) in [6.45, 7) is 1.67. The van der Waals surface area contributed by atoms with Crippen molar-refractivity contribution in [1.82, 2.24) is 5.43 Å².